The Hall–Kier alpha value is -2.95. The Morgan fingerprint density at radius 1 is 0.833 bits per heavy atom. The Morgan fingerprint density at radius 2 is 1.50 bits per heavy atom. The molecule has 1 saturated carbocycles. The minimum atomic E-state index is 0.558. The smallest absolute Gasteiger partial charge is 0.0991 e. The third-order valence-electron chi connectivity index (χ3n) is 6.07. The first kappa shape index (κ1) is 21.8. The zero-order valence-electron chi connectivity index (χ0n) is 18.3. The first-order chi connectivity index (χ1) is 14.7. The lowest BCUT2D eigenvalue weighted by Gasteiger charge is -2.25. The summed E-state index contributed by atoms with van der Waals surface area (Å²) in [7, 11) is 0. The van der Waals surface area contributed by atoms with Crippen molar-refractivity contribution in [3.63, 3.8) is 0 Å². The molecule has 1 fully saturated rings. The van der Waals surface area contributed by atoms with Crippen LogP contribution >= 0.6 is 0 Å². The third-order valence-corrected chi connectivity index (χ3v) is 6.07. The van der Waals surface area contributed by atoms with Crippen LogP contribution in [0.15, 0.2) is 42.5 Å². The molecule has 0 aromatic heterocycles. The van der Waals surface area contributed by atoms with Gasteiger partial charge < -0.3 is 0 Å². The minimum absolute atomic E-state index is 0.558. The monoisotopic (exact) mass is 393 g/mol. The minimum Gasteiger partial charge on any atom is -0.192 e. The number of rotatable bonds is 4. The van der Waals surface area contributed by atoms with Crippen molar-refractivity contribution in [1.82, 2.24) is 0 Å². The highest BCUT2D eigenvalue weighted by molar-refractivity contribution is 5.50. The van der Waals surface area contributed by atoms with Gasteiger partial charge in [0.15, 0.2) is 0 Å². The molecule has 152 valence electrons. The molecule has 3 rings (SSSR count). The molecule has 30 heavy (non-hydrogen) atoms. The Kier molecular flexibility index (Phi) is 8.19. The highest BCUT2D eigenvalue weighted by atomic mass is 14.2. The van der Waals surface area contributed by atoms with E-state index in [-0.39, 0.29) is 0 Å². The van der Waals surface area contributed by atoms with Crippen LogP contribution in [0.2, 0.25) is 0 Å². The molecule has 0 spiro atoms. The van der Waals surface area contributed by atoms with Gasteiger partial charge in [-0.25, -0.2) is 0 Å². The molecular formula is C29H31N. The fourth-order valence-electron chi connectivity index (χ4n) is 4.11. The number of benzene rings is 2. The van der Waals surface area contributed by atoms with E-state index < -0.39 is 0 Å². The SMILES string of the molecule is CCCCCC1CCC(C#Cc2ccc(C#Cc3ccc(C#N)cc3)cc2C)CC1. The summed E-state index contributed by atoms with van der Waals surface area (Å²) in [5, 5.41) is 8.87. The molecule has 1 aliphatic carbocycles. The van der Waals surface area contributed by atoms with E-state index in [1.54, 1.807) is 12.1 Å². The van der Waals surface area contributed by atoms with Crippen LogP contribution in [-0.2, 0) is 0 Å². The van der Waals surface area contributed by atoms with Gasteiger partial charge in [0.1, 0.15) is 0 Å². The average Bonchev–Trinajstić information content (AvgIpc) is 2.78. The fourth-order valence-corrected chi connectivity index (χ4v) is 4.11. The first-order valence-corrected chi connectivity index (χ1v) is 11.3. The molecule has 0 N–H and O–H groups in total. The predicted octanol–water partition coefficient (Wildman–Crippen LogP) is 7.00. The van der Waals surface area contributed by atoms with Gasteiger partial charge >= 0.3 is 0 Å². The molecule has 0 heterocycles. The second-order valence-electron chi connectivity index (χ2n) is 8.45. The molecule has 0 radical (unpaired) electrons. The van der Waals surface area contributed by atoms with Crippen molar-refractivity contribution in [3.05, 3.63) is 70.3 Å². The highest BCUT2D eigenvalue weighted by Crippen LogP contribution is 2.31. The van der Waals surface area contributed by atoms with Gasteiger partial charge in [0.05, 0.1) is 11.6 Å². The number of hydrogen-bond acceptors (Lipinski definition) is 1. The lowest BCUT2D eigenvalue weighted by atomic mass is 9.80. The molecule has 1 nitrogen and oxygen atoms in total. The standard InChI is InChI=1S/C29H31N/c1-3-4-5-6-24-7-9-26(10-8-24)17-19-29-20-18-27(21-23(29)2)14-11-25-12-15-28(22-30)16-13-25/h12-13,15-16,18,20-21,24,26H,3-10H2,1-2H3. The van der Waals surface area contributed by atoms with Gasteiger partial charge in [-0.05, 0) is 86.6 Å². The van der Waals surface area contributed by atoms with Crippen LogP contribution in [0.4, 0.5) is 0 Å². The molecule has 0 unspecified atom stereocenters. The van der Waals surface area contributed by atoms with Gasteiger partial charge in [-0.15, -0.1) is 0 Å². The Morgan fingerprint density at radius 3 is 2.17 bits per heavy atom. The molecule has 1 aliphatic rings. The van der Waals surface area contributed by atoms with E-state index in [1.807, 2.05) is 12.1 Å². The number of aryl methyl sites for hydroxylation is 1. The van der Waals surface area contributed by atoms with Gasteiger partial charge in [0, 0.05) is 22.6 Å². The molecule has 2 aromatic carbocycles. The van der Waals surface area contributed by atoms with E-state index in [1.165, 1.54) is 56.9 Å². The van der Waals surface area contributed by atoms with Gasteiger partial charge in [-0.3, -0.25) is 0 Å². The zero-order chi connectivity index (χ0) is 21.2. The topological polar surface area (TPSA) is 23.8 Å². The summed E-state index contributed by atoms with van der Waals surface area (Å²) < 4.78 is 0. The summed E-state index contributed by atoms with van der Waals surface area (Å²) in [6.45, 7) is 4.39. The maximum absolute atomic E-state index is 8.87. The second kappa shape index (κ2) is 11.3. The average molecular weight is 394 g/mol. The maximum Gasteiger partial charge on any atom is 0.0991 e. The normalized spacial score (nSPS) is 17.8. The first-order valence-electron chi connectivity index (χ1n) is 11.3. The highest BCUT2D eigenvalue weighted by Gasteiger charge is 2.19. The molecular weight excluding hydrogens is 362 g/mol. The maximum atomic E-state index is 8.87. The molecule has 0 amide bonds. The number of unbranched alkanes of at least 4 members (excludes halogenated alkanes) is 2. The molecule has 0 atom stereocenters. The number of nitrogens with zero attached hydrogens (tertiary/aromatic N) is 1. The zero-order valence-corrected chi connectivity index (χ0v) is 18.3. The van der Waals surface area contributed by atoms with E-state index in [0.717, 1.165) is 22.6 Å². The second-order valence-corrected chi connectivity index (χ2v) is 8.45. The molecule has 0 bridgehead atoms. The van der Waals surface area contributed by atoms with Crippen LogP contribution in [0, 0.1) is 53.8 Å². The summed E-state index contributed by atoms with van der Waals surface area (Å²) in [4.78, 5) is 0. The van der Waals surface area contributed by atoms with Crippen molar-refractivity contribution in [2.45, 2.75) is 65.2 Å². The van der Waals surface area contributed by atoms with Crippen molar-refractivity contribution < 1.29 is 0 Å². The molecule has 0 aliphatic heterocycles. The third kappa shape index (κ3) is 6.55. The summed E-state index contributed by atoms with van der Waals surface area (Å²) >= 11 is 0. The summed E-state index contributed by atoms with van der Waals surface area (Å²) in [5.41, 5.74) is 4.87. The van der Waals surface area contributed by atoms with Crippen molar-refractivity contribution in [1.29, 1.82) is 5.26 Å². The summed E-state index contributed by atoms with van der Waals surface area (Å²) in [6.07, 6.45) is 10.7. The van der Waals surface area contributed by atoms with Gasteiger partial charge in [-0.1, -0.05) is 56.3 Å². The lowest BCUT2D eigenvalue weighted by Crippen LogP contribution is -2.13. The van der Waals surface area contributed by atoms with Crippen LogP contribution in [-0.4, -0.2) is 0 Å². The van der Waals surface area contributed by atoms with Crippen LogP contribution in [0.25, 0.3) is 0 Å². The van der Waals surface area contributed by atoms with Crippen molar-refractivity contribution in [2.75, 3.05) is 0 Å². The Bertz CT molecular complexity index is 991. The number of hydrogen-bond donors (Lipinski definition) is 0. The quantitative estimate of drug-likeness (QED) is 0.405. The van der Waals surface area contributed by atoms with E-state index in [9.17, 15) is 0 Å². The molecule has 0 saturated heterocycles. The molecule has 1 heteroatoms. The Balaban J connectivity index is 1.57. The van der Waals surface area contributed by atoms with Crippen molar-refractivity contribution in [3.8, 4) is 29.8 Å². The fraction of sp³-hybridized carbons (Fsp3) is 0.414. The van der Waals surface area contributed by atoms with E-state index in [4.69, 9.17) is 5.26 Å². The van der Waals surface area contributed by atoms with Gasteiger partial charge in [0.25, 0.3) is 0 Å². The van der Waals surface area contributed by atoms with Crippen LogP contribution < -0.4 is 0 Å². The van der Waals surface area contributed by atoms with E-state index >= 15 is 0 Å². The van der Waals surface area contributed by atoms with Crippen molar-refractivity contribution in [2.24, 2.45) is 11.8 Å². The summed E-state index contributed by atoms with van der Waals surface area (Å²) in [6, 6.07) is 15.8. The van der Waals surface area contributed by atoms with E-state index in [0.29, 0.717) is 11.5 Å². The number of nitriles is 1. The lowest BCUT2D eigenvalue weighted by molar-refractivity contribution is 0.294. The van der Waals surface area contributed by atoms with E-state index in [2.05, 4.69) is 61.8 Å². The van der Waals surface area contributed by atoms with Crippen molar-refractivity contribution >= 4 is 0 Å². The summed E-state index contributed by atoms with van der Waals surface area (Å²) in [5.74, 6) is 14.9. The van der Waals surface area contributed by atoms with Crippen LogP contribution in [0.5, 0.6) is 0 Å². The van der Waals surface area contributed by atoms with Gasteiger partial charge in [-0.2, -0.15) is 5.26 Å². The van der Waals surface area contributed by atoms with Crippen LogP contribution in [0.1, 0.15) is 86.1 Å². The largest absolute Gasteiger partial charge is 0.192 e. The van der Waals surface area contributed by atoms with Crippen LogP contribution in [0.3, 0.4) is 0 Å². The Labute approximate surface area is 182 Å². The van der Waals surface area contributed by atoms with Gasteiger partial charge in [0.2, 0.25) is 0 Å². The molecule has 2 aromatic rings. The predicted molar refractivity (Wildman–Crippen MR) is 125 cm³/mol.